The molecule has 1 amide bonds. The zero-order valence-electron chi connectivity index (χ0n) is 17.7. The quantitative estimate of drug-likeness (QED) is 0.704. The summed E-state index contributed by atoms with van der Waals surface area (Å²) in [5.41, 5.74) is 1.66. The van der Waals surface area contributed by atoms with Gasteiger partial charge in [-0.25, -0.2) is 0 Å². The molecule has 7 nitrogen and oxygen atoms in total. The highest BCUT2D eigenvalue weighted by Crippen LogP contribution is 2.19. The van der Waals surface area contributed by atoms with Gasteiger partial charge < -0.3 is 9.64 Å². The molecule has 2 fully saturated rings. The van der Waals surface area contributed by atoms with Crippen molar-refractivity contribution in [1.29, 1.82) is 0 Å². The van der Waals surface area contributed by atoms with Gasteiger partial charge in [-0.05, 0) is 55.8 Å². The minimum atomic E-state index is 0.0210. The van der Waals surface area contributed by atoms with Crippen LogP contribution in [-0.2, 0) is 6.54 Å². The minimum Gasteiger partial charge on any atom is -0.497 e. The van der Waals surface area contributed by atoms with Crippen molar-refractivity contribution in [3.05, 3.63) is 47.8 Å². The molecule has 2 aliphatic heterocycles. The first-order chi connectivity index (χ1) is 14.7. The summed E-state index contributed by atoms with van der Waals surface area (Å²) < 4.78 is 7.06. The van der Waals surface area contributed by atoms with Gasteiger partial charge in [0.1, 0.15) is 5.75 Å². The molecule has 3 heterocycles. The lowest BCUT2D eigenvalue weighted by Crippen LogP contribution is -2.37. The van der Waals surface area contributed by atoms with Crippen molar-refractivity contribution in [3.8, 4) is 5.75 Å². The number of hydrogen-bond acceptors (Lipinski definition) is 5. The largest absolute Gasteiger partial charge is 0.497 e. The van der Waals surface area contributed by atoms with E-state index in [0.29, 0.717) is 11.6 Å². The van der Waals surface area contributed by atoms with E-state index in [1.54, 1.807) is 7.11 Å². The van der Waals surface area contributed by atoms with Gasteiger partial charge in [0.25, 0.3) is 5.91 Å². The first-order valence-corrected chi connectivity index (χ1v) is 10.9. The lowest BCUT2D eigenvalue weighted by Gasteiger charge is -2.31. The molecule has 2 aromatic rings. The zero-order valence-corrected chi connectivity index (χ0v) is 17.7. The predicted molar refractivity (Wildman–Crippen MR) is 116 cm³/mol. The third-order valence-corrected chi connectivity index (χ3v) is 5.99. The summed E-state index contributed by atoms with van der Waals surface area (Å²) in [7, 11) is 1.68. The monoisotopic (exact) mass is 409 g/mol. The highest BCUT2D eigenvalue weighted by atomic mass is 16.5. The minimum absolute atomic E-state index is 0.0210. The Bertz CT molecular complexity index is 855. The summed E-state index contributed by atoms with van der Waals surface area (Å²) in [6.07, 6.45) is 10.8. The van der Waals surface area contributed by atoms with Crippen molar-refractivity contribution < 1.29 is 9.53 Å². The Kier molecular flexibility index (Phi) is 6.79. The van der Waals surface area contributed by atoms with E-state index in [2.05, 4.69) is 39.5 Å². The van der Waals surface area contributed by atoms with Crippen molar-refractivity contribution in [1.82, 2.24) is 24.8 Å². The van der Waals surface area contributed by atoms with E-state index >= 15 is 0 Å². The van der Waals surface area contributed by atoms with Gasteiger partial charge in [0.15, 0.2) is 5.69 Å². The van der Waals surface area contributed by atoms with E-state index in [9.17, 15) is 4.79 Å². The number of carbonyl (C=O) groups excluding carboxylic acids is 1. The number of aromatic nitrogens is 3. The van der Waals surface area contributed by atoms with Crippen LogP contribution in [0.1, 0.15) is 41.7 Å². The number of benzene rings is 1. The standard InChI is InChI=1S/C23H31N5O2/c1-30-21-10-8-19(9-11-21)6-4-12-26-13-5-7-20(16-26)17-28-18-22(24-25-28)23(29)27-14-2-3-15-27/h4,6,8-11,18,20H,2-3,5,7,12-17H2,1H3. The summed E-state index contributed by atoms with van der Waals surface area (Å²) in [5, 5.41) is 8.35. The van der Waals surface area contributed by atoms with Crippen LogP contribution in [0, 0.1) is 5.92 Å². The first kappa shape index (κ1) is 20.6. The third-order valence-electron chi connectivity index (χ3n) is 5.99. The maximum absolute atomic E-state index is 12.5. The van der Waals surface area contributed by atoms with Crippen LogP contribution in [0.5, 0.6) is 5.75 Å². The molecule has 4 rings (SSSR count). The smallest absolute Gasteiger partial charge is 0.276 e. The normalized spacial score (nSPS) is 20.2. The summed E-state index contributed by atoms with van der Waals surface area (Å²) in [4.78, 5) is 16.8. The number of hydrogen-bond donors (Lipinski definition) is 0. The maximum Gasteiger partial charge on any atom is 0.276 e. The SMILES string of the molecule is COc1ccc(C=CCN2CCCC(Cn3cc(C(=O)N4CCCC4)nn3)C2)cc1. The number of piperidine rings is 1. The number of rotatable bonds is 7. The van der Waals surface area contributed by atoms with E-state index in [0.717, 1.165) is 57.9 Å². The fraction of sp³-hybridized carbons (Fsp3) is 0.522. The van der Waals surface area contributed by atoms with Crippen LogP contribution < -0.4 is 4.74 Å². The van der Waals surface area contributed by atoms with Gasteiger partial charge in [-0.3, -0.25) is 14.4 Å². The van der Waals surface area contributed by atoms with E-state index in [4.69, 9.17) is 4.74 Å². The average molecular weight is 410 g/mol. The average Bonchev–Trinajstić information content (AvgIpc) is 3.47. The van der Waals surface area contributed by atoms with Crippen LogP contribution in [-0.4, -0.2) is 70.5 Å². The van der Waals surface area contributed by atoms with Gasteiger partial charge in [0.2, 0.25) is 0 Å². The second-order valence-electron chi connectivity index (χ2n) is 8.27. The Morgan fingerprint density at radius 1 is 1.17 bits per heavy atom. The molecule has 1 atom stereocenters. The number of methoxy groups -OCH3 is 1. The molecule has 1 aromatic heterocycles. The Morgan fingerprint density at radius 3 is 2.73 bits per heavy atom. The van der Waals surface area contributed by atoms with Crippen molar-refractivity contribution in [3.63, 3.8) is 0 Å². The van der Waals surface area contributed by atoms with Gasteiger partial charge >= 0.3 is 0 Å². The van der Waals surface area contributed by atoms with E-state index in [1.807, 2.05) is 27.9 Å². The summed E-state index contributed by atoms with van der Waals surface area (Å²) >= 11 is 0. The van der Waals surface area contributed by atoms with Gasteiger partial charge in [0.05, 0.1) is 13.3 Å². The second kappa shape index (κ2) is 9.89. The van der Waals surface area contributed by atoms with Crippen LogP contribution in [0.15, 0.2) is 36.5 Å². The molecule has 1 unspecified atom stereocenters. The third kappa shape index (κ3) is 5.27. The number of carbonyl (C=O) groups is 1. The molecule has 160 valence electrons. The lowest BCUT2D eigenvalue weighted by molar-refractivity contribution is 0.0787. The molecule has 0 bridgehead atoms. The Labute approximate surface area is 178 Å². The molecule has 0 saturated carbocycles. The fourth-order valence-corrected chi connectivity index (χ4v) is 4.35. The van der Waals surface area contributed by atoms with Gasteiger partial charge in [-0.2, -0.15) is 0 Å². The lowest BCUT2D eigenvalue weighted by atomic mass is 9.98. The number of nitrogens with zero attached hydrogens (tertiary/aromatic N) is 5. The fourth-order valence-electron chi connectivity index (χ4n) is 4.35. The van der Waals surface area contributed by atoms with E-state index in [-0.39, 0.29) is 5.91 Å². The topological polar surface area (TPSA) is 63.5 Å². The molecule has 0 N–H and O–H groups in total. The predicted octanol–water partition coefficient (Wildman–Crippen LogP) is 2.95. The summed E-state index contributed by atoms with van der Waals surface area (Å²) in [5.74, 6) is 1.43. The van der Waals surface area contributed by atoms with Crippen LogP contribution >= 0.6 is 0 Å². The molecule has 2 aliphatic rings. The van der Waals surface area contributed by atoms with Crippen molar-refractivity contribution in [2.24, 2.45) is 5.92 Å². The van der Waals surface area contributed by atoms with E-state index in [1.165, 1.54) is 18.4 Å². The van der Waals surface area contributed by atoms with Crippen LogP contribution in [0.2, 0.25) is 0 Å². The van der Waals surface area contributed by atoms with Crippen LogP contribution in [0.4, 0.5) is 0 Å². The number of ether oxygens (including phenoxy) is 1. The Morgan fingerprint density at radius 2 is 1.97 bits per heavy atom. The summed E-state index contributed by atoms with van der Waals surface area (Å²) in [6, 6.07) is 8.11. The molecule has 0 radical (unpaired) electrons. The van der Waals surface area contributed by atoms with Crippen molar-refractivity contribution in [2.75, 3.05) is 39.8 Å². The van der Waals surface area contributed by atoms with E-state index < -0.39 is 0 Å². The van der Waals surface area contributed by atoms with Gasteiger partial charge in [0, 0.05) is 32.7 Å². The van der Waals surface area contributed by atoms with Crippen molar-refractivity contribution >= 4 is 12.0 Å². The number of likely N-dealkylation sites (tertiary alicyclic amines) is 2. The molecule has 2 saturated heterocycles. The molecule has 30 heavy (non-hydrogen) atoms. The molecule has 1 aromatic carbocycles. The second-order valence-corrected chi connectivity index (χ2v) is 8.27. The Hall–Kier alpha value is -2.67. The molecule has 0 aliphatic carbocycles. The van der Waals surface area contributed by atoms with Gasteiger partial charge in [-0.1, -0.05) is 29.5 Å². The first-order valence-electron chi connectivity index (χ1n) is 10.9. The molecule has 0 spiro atoms. The van der Waals surface area contributed by atoms with Crippen molar-refractivity contribution in [2.45, 2.75) is 32.2 Å². The highest BCUT2D eigenvalue weighted by molar-refractivity contribution is 5.92. The maximum atomic E-state index is 12.5. The molecule has 7 heteroatoms. The molecular weight excluding hydrogens is 378 g/mol. The van der Waals surface area contributed by atoms with Crippen LogP contribution in [0.3, 0.4) is 0 Å². The number of amides is 1. The Balaban J connectivity index is 1.26. The molecular formula is C23H31N5O2. The summed E-state index contributed by atoms with van der Waals surface area (Å²) in [6.45, 7) is 5.61. The van der Waals surface area contributed by atoms with Gasteiger partial charge in [-0.15, -0.1) is 5.10 Å². The zero-order chi connectivity index (χ0) is 20.8. The highest BCUT2D eigenvalue weighted by Gasteiger charge is 2.24. The van der Waals surface area contributed by atoms with Crippen LogP contribution in [0.25, 0.3) is 6.08 Å².